The molecule has 6 atom stereocenters. The number of ether oxygens (including phenoxy) is 4. The quantitative estimate of drug-likeness (QED) is 0.781. The maximum absolute atomic E-state index is 10.6. The second-order valence-corrected chi connectivity index (χ2v) is 7.60. The predicted molar refractivity (Wildman–Crippen MR) is 102 cm³/mol. The Labute approximate surface area is 172 Å². The van der Waals surface area contributed by atoms with Gasteiger partial charge < -0.3 is 29.2 Å². The summed E-state index contributed by atoms with van der Waals surface area (Å²) in [5.74, 6) is 0. The van der Waals surface area contributed by atoms with Gasteiger partial charge in [0.25, 0.3) is 0 Å². The van der Waals surface area contributed by atoms with Gasteiger partial charge in [-0.3, -0.25) is 0 Å². The highest BCUT2D eigenvalue weighted by atomic mass is 35.5. The van der Waals surface area contributed by atoms with E-state index in [0.29, 0.717) is 15.6 Å². The van der Waals surface area contributed by atoms with E-state index in [1.807, 2.05) is 12.1 Å². The van der Waals surface area contributed by atoms with Gasteiger partial charge in [0.2, 0.25) is 0 Å². The number of halogens is 2. The van der Waals surface area contributed by atoms with Crippen LogP contribution in [-0.4, -0.2) is 47.8 Å². The van der Waals surface area contributed by atoms with Crippen LogP contribution in [-0.2, 0) is 18.9 Å². The molecule has 0 radical (unpaired) electrons. The van der Waals surface area contributed by atoms with E-state index in [1.54, 1.807) is 36.4 Å². The van der Waals surface area contributed by atoms with Crippen molar-refractivity contribution in [3.63, 3.8) is 0 Å². The fourth-order valence-electron chi connectivity index (χ4n) is 3.39. The van der Waals surface area contributed by atoms with Gasteiger partial charge in [-0.2, -0.15) is 0 Å². The Bertz CT molecular complexity index is 819. The first-order valence-corrected chi connectivity index (χ1v) is 9.68. The van der Waals surface area contributed by atoms with Gasteiger partial charge in [0.1, 0.15) is 24.4 Å². The molecule has 0 saturated carbocycles. The molecule has 0 bridgehead atoms. The molecule has 2 N–H and O–H groups in total. The van der Waals surface area contributed by atoms with Gasteiger partial charge in [0.05, 0.1) is 13.2 Å². The van der Waals surface area contributed by atoms with Crippen molar-refractivity contribution in [3.05, 3.63) is 69.7 Å². The van der Waals surface area contributed by atoms with Gasteiger partial charge >= 0.3 is 0 Å². The molecular formula is C20H20Cl2O6. The normalized spacial score (nSPS) is 33.1. The molecular weight excluding hydrogens is 407 g/mol. The maximum Gasteiger partial charge on any atom is 0.185 e. The van der Waals surface area contributed by atoms with E-state index >= 15 is 0 Å². The third-order valence-electron chi connectivity index (χ3n) is 4.79. The Hall–Kier alpha value is -1.22. The lowest BCUT2D eigenvalue weighted by Crippen LogP contribution is -2.54. The van der Waals surface area contributed by atoms with E-state index < -0.39 is 37.0 Å². The maximum atomic E-state index is 10.6. The standard InChI is InChI=1S/C20H20Cl2O6/c21-13-5-1-3-11(7-13)19-25-10-16(27-19)18-17(24)15(9-23)26-20(28-18)12-4-2-6-14(22)8-12/h1-8,15-20,23-24H,9-10H2/t15-,16+,17+,18+,19?,20?/m0/s1. The van der Waals surface area contributed by atoms with Crippen molar-refractivity contribution in [1.29, 1.82) is 0 Å². The Kier molecular flexibility index (Phi) is 6.20. The highest BCUT2D eigenvalue weighted by Gasteiger charge is 2.46. The summed E-state index contributed by atoms with van der Waals surface area (Å²) in [6.07, 6.45) is -4.60. The average molecular weight is 427 g/mol. The van der Waals surface area contributed by atoms with Crippen LogP contribution in [0.3, 0.4) is 0 Å². The van der Waals surface area contributed by atoms with Gasteiger partial charge in [0, 0.05) is 21.2 Å². The first kappa shape index (κ1) is 20.1. The summed E-state index contributed by atoms with van der Waals surface area (Å²) in [6.45, 7) is -0.136. The number of rotatable bonds is 4. The molecule has 2 aromatic carbocycles. The summed E-state index contributed by atoms with van der Waals surface area (Å²) in [4.78, 5) is 0. The van der Waals surface area contributed by atoms with Crippen LogP contribution in [0.4, 0.5) is 0 Å². The first-order chi connectivity index (χ1) is 13.5. The van der Waals surface area contributed by atoms with Crippen LogP contribution in [0.15, 0.2) is 48.5 Å². The molecule has 0 aromatic heterocycles. The molecule has 0 spiro atoms. The second-order valence-electron chi connectivity index (χ2n) is 6.73. The SMILES string of the molecule is OC[C@@H]1OC(c2cccc(Cl)c2)O[C@H]([C@H]2COC(c3cccc(Cl)c3)O2)[C@@H]1O. The second kappa shape index (κ2) is 8.65. The summed E-state index contributed by atoms with van der Waals surface area (Å²) in [7, 11) is 0. The minimum absolute atomic E-state index is 0.222. The molecule has 2 aromatic rings. The summed E-state index contributed by atoms with van der Waals surface area (Å²) in [6, 6.07) is 14.2. The molecule has 2 unspecified atom stereocenters. The average Bonchev–Trinajstić information content (AvgIpc) is 3.18. The summed E-state index contributed by atoms with van der Waals surface area (Å²) in [5.41, 5.74) is 1.47. The Morgan fingerprint density at radius 2 is 1.54 bits per heavy atom. The van der Waals surface area contributed by atoms with E-state index in [4.69, 9.17) is 42.1 Å². The lowest BCUT2D eigenvalue weighted by atomic mass is 10.0. The lowest BCUT2D eigenvalue weighted by Gasteiger charge is -2.40. The van der Waals surface area contributed by atoms with Crippen molar-refractivity contribution >= 4 is 23.2 Å². The fraction of sp³-hybridized carbons (Fsp3) is 0.400. The lowest BCUT2D eigenvalue weighted by molar-refractivity contribution is -0.310. The van der Waals surface area contributed by atoms with Crippen LogP contribution in [0.25, 0.3) is 0 Å². The Morgan fingerprint density at radius 3 is 2.14 bits per heavy atom. The zero-order chi connectivity index (χ0) is 19.7. The van der Waals surface area contributed by atoms with Gasteiger partial charge in [-0.25, -0.2) is 0 Å². The molecule has 4 rings (SSSR count). The van der Waals surface area contributed by atoms with Crippen molar-refractivity contribution in [2.24, 2.45) is 0 Å². The van der Waals surface area contributed by atoms with Crippen molar-refractivity contribution in [3.8, 4) is 0 Å². The highest BCUT2D eigenvalue weighted by molar-refractivity contribution is 6.30. The molecule has 2 aliphatic heterocycles. The van der Waals surface area contributed by atoms with Crippen molar-refractivity contribution in [2.45, 2.75) is 37.0 Å². The van der Waals surface area contributed by atoms with E-state index in [0.717, 1.165) is 5.56 Å². The third-order valence-corrected chi connectivity index (χ3v) is 5.27. The van der Waals surface area contributed by atoms with Crippen LogP contribution < -0.4 is 0 Å². The number of hydrogen-bond donors (Lipinski definition) is 2. The van der Waals surface area contributed by atoms with E-state index in [1.165, 1.54) is 0 Å². The summed E-state index contributed by atoms with van der Waals surface area (Å²) >= 11 is 12.1. The van der Waals surface area contributed by atoms with Crippen LogP contribution in [0.5, 0.6) is 0 Å². The number of aliphatic hydroxyl groups is 2. The molecule has 6 nitrogen and oxygen atoms in total. The largest absolute Gasteiger partial charge is 0.394 e. The molecule has 2 saturated heterocycles. The molecule has 0 amide bonds. The Morgan fingerprint density at radius 1 is 0.893 bits per heavy atom. The Balaban J connectivity index is 1.52. The monoisotopic (exact) mass is 426 g/mol. The van der Waals surface area contributed by atoms with Crippen molar-refractivity contribution in [2.75, 3.05) is 13.2 Å². The third kappa shape index (κ3) is 4.20. The minimum Gasteiger partial charge on any atom is -0.394 e. The van der Waals surface area contributed by atoms with Crippen LogP contribution in [0.1, 0.15) is 23.7 Å². The molecule has 150 valence electrons. The minimum atomic E-state index is -1.08. The molecule has 2 fully saturated rings. The van der Waals surface area contributed by atoms with Crippen molar-refractivity contribution < 1.29 is 29.2 Å². The molecule has 2 aliphatic rings. The zero-order valence-electron chi connectivity index (χ0n) is 14.8. The van der Waals surface area contributed by atoms with Gasteiger partial charge in [-0.1, -0.05) is 47.5 Å². The van der Waals surface area contributed by atoms with Crippen LogP contribution in [0.2, 0.25) is 10.0 Å². The van der Waals surface area contributed by atoms with Gasteiger partial charge in [-0.05, 0) is 24.3 Å². The van der Waals surface area contributed by atoms with Gasteiger partial charge in [-0.15, -0.1) is 0 Å². The van der Waals surface area contributed by atoms with Crippen molar-refractivity contribution in [1.82, 2.24) is 0 Å². The summed E-state index contributed by atoms with van der Waals surface area (Å²) < 4.78 is 23.4. The van der Waals surface area contributed by atoms with Gasteiger partial charge in [0.15, 0.2) is 12.6 Å². The smallest absolute Gasteiger partial charge is 0.185 e. The van der Waals surface area contributed by atoms with Crippen LogP contribution >= 0.6 is 23.2 Å². The fourth-order valence-corrected chi connectivity index (χ4v) is 3.79. The molecule has 0 aliphatic carbocycles. The van der Waals surface area contributed by atoms with Crippen LogP contribution in [0, 0.1) is 0 Å². The topological polar surface area (TPSA) is 77.4 Å². The van der Waals surface area contributed by atoms with E-state index in [2.05, 4.69) is 0 Å². The molecule has 28 heavy (non-hydrogen) atoms. The number of aliphatic hydroxyl groups excluding tert-OH is 2. The highest BCUT2D eigenvalue weighted by Crippen LogP contribution is 2.37. The molecule has 8 heteroatoms. The number of hydrogen-bond acceptors (Lipinski definition) is 6. The molecule has 2 heterocycles. The zero-order valence-corrected chi connectivity index (χ0v) is 16.3. The first-order valence-electron chi connectivity index (χ1n) is 8.93. The van der Waals surface area contributed by atoms with E-state index in [9.17, 15) is 10.2 Å². The van der Waals surface area contributed by atoms with E-state index in [-0.39, 0.29) is 13.2 Å². The number of benzene rings is 2. The predicted octanol–water partition coefficient (Wildman–Crippen LogP) is 3.24. The summed E-state index contributed by atoms with van der Waals surface area (Å²) in [5, 5.41) is 21.4.